The highest BCUT2D eigenvalue weighted by molar-refractivity contribution is 6.30. The molecule has 7 heteroatoms. The van der Waals surface area contributed by atoms with Gasteiger partial charge < -0.3 is 14.9 Å². The first-order chi connectivity index (χ1) is 9.71. The fourth-order valence-electron chi connectivity index (χ4n) is 1.60. The summed E-state index contributed by atoms with van der Waals surface area (Å²) in [5, 5.41) is 0.665. The summed E-state index contributed by atoms with van der Waals surface area (Å²) in [5.41, 5.74) is 3.42. The lowest BCUT2D eigenvalue weighted by molar-refractivity contribution is 0.176. The predicted molar refractivity (Wildman–Crippen MR) is 76.3 cm³/mol. The van der Waals surface area contributed by atoms with Crippen molar-refractivity contribution in [2.24, 2.45) is 5.84 Å². The van der Waals surface area contributed by atoms with Gasteiger partial charge in [0.25, 0.3) is 0 Å². The molecule has 0 aliphatic heterocycles. The number of benzene rings is 1. The van der Waals surface area contributed by atoms with E-state index in [0.717, 1.165) is 5.56 Å². The van der Waals surface area contributed by atoms with E-state index in [9.17, 15) is 0 Å². The summed E-state index contributed by atoms with van der Waals surface area (Å²) in [6, 6.07) is 9.04. The maximum Gasteiger partial charge on any atom is 0.219 e. The molecular formula is C13H15ClN4O2. The van der Waals surface area contributed by atoms with Gasteiger partial charge in [0.05, 0.1) is 0 Å². The van der Waals surface area contributed by atoms with Gasteiger partial charge in [0.1, 0.15) is 19.0 Å². The molecule has 0 radical (unpaired) electrons. The smallest absolute Gasteiger partial charge is 0.219 e. The van der Waals surface area contributed by atoms with E-state index in [0.29, 0.717) is 29.2 Å². The molecule has 6 nitrogen and oxygen atoms in total. The predicted octanol–water partition coefficient (Wildman–Crippen LogP) is 2.14. The van der Waals surface area contributed by atoms with Crippen molar-refractivity contribution in [3.63, 3.8) is 0 Å². The number of methoxy groups -OCH3 is 1. The quantitative estimate of drug-likeness (QED) is 0.627. The van der Waals surface area contributed by atoms with E-state index in [-0.39, 0.29) is 6.61 Å². The normalized spacial score (nSPS) is 10.3. The van der Waals surface area contributed by atoms with Gasteiger partial charge in [0.15, 0.2) is 5.82 Å². The summed E-state index contributed by atoms with van der Waals surface area (Å²) < 4.78 is 10.6. The van der Waals surface area contributed by atoms with Crippen LogP contribution in [0.15, 0.2) is 30.3 Å². The molecule has 3 N–H and O–H groups in total. The van der Waals surface area contributed by atoms with E-state index < -0.39 is 0 Å². The summed E-state index contributed by atoms with van der Waals surface area (Å²) in [4.78, 5) is 8.36. The maximum atomic E-state index is 5.92. The molecule has 1 aromatic carbocycles. The average Bonchev–Trinajstić information content (AvgIpc) is 2.45. The number of aromatic nitrogens is 2. The number of hydrogen-bond acceptors (Lipinski definition) is 6. The second-order valence-electron chi connectivity index (χ2n) is 4.00. The highest BCUT2D eigenvalue weighted by Gasteiger charge is 2.05. The third-order valence-corrected chi connectivity index (χ3v) is 2.68. The molecule has 0 spiro atoms. The standard InChI is InChI=1S/C13H15ClN4O2/c1-19-8-12-16-11(18-15)6-13(17-12)20-7-9-3-2-4-10(14)5-9/h2-6H,7-8,15H2,1H3,(H,16,17,18). The second-order valence-corrected chi connectivity index (χ2v) is 4.44. The van der Waals surface area contributed by atoms with Gasteiger partial charge in [-0.1, -0.05) is 23.7 Å². The van der Waals surface area contributed by atoms with Crippen LogP contribution in [0.25, 0.3) is 0 Å². The lowest BCUT2D eigenvalue weighted by atomic mass is 10.2. The summed E-state index contributed by atoms with van der Waals surface area (Å²) in [6.45, 7) is 0.636. The van der Waals surface area contributed by atoms with Crippen molar-refractivity contribution in [2.45, 2.75) is 13.2 Å². The molecular weight excluding hydrogens is 280 g/mol. The first-order valence-electron chi connectivity index (χ1n) is 5.92. The number of nitrogen functional groups attached to an aromatic ring is 1. The zero-order valence-electron chi connectivity index (χ0n) is 11.0. The Morgan fingerprint density at radius 3 is 2.80 bits per heavy atom. The Kier molecular flexibility index (Phi) is 5.11. The Balaban J connectivity index is 2.10. The number of rotatable bonds is 6. The number of ether oxygens (including phenoxy) is 2. The minimum absolute atomic E-state index is 0.281. The van der Waals surface area contributed by atoms with Crippen molar-refractivity contribution in [1.82, 2.24) is 9.97 Å². The molecule has 0 aliphatic carbocycles. The van der Waals surface area contributed by atoms with Crippen LogP contribution < -0.4 is 16.0 Å². The van der Waals surface area contributed by atoms with Gasteiger partial charge in [-0.25, -0.2) is 10.8 Å². The lowest BCUT2D eigenvalue weighted by Gasteiger charge is -2.09. The molecule has 0 aliphatic rings. The number of nitrogens with two attached hydrogens (primary N) is 1. The van der Waals surface area contributed by atoms with Gasteiger partial charge in [0, 0.05) is 18.2 Å². The monoisotopic (exact) mass is 294 g/mol. The van der Waals surface area contributed by atoms with Gasteiger partial charge in [0.2, 0.25) is 5.88 Å². The number of hydrogen-bond donors (Lipinski definition) is 2. The number of hydrazine groups is 1. The minimum atomic E-state index is 0.281. The first kappa shape index (κ1) is 14.5. The molecule has 1 heterocycles. The largest absolute Gasteiger partial charge is 0.473 e. The van der Waals surface area contributed by atoms with Crippen LogP contribution in [0.1, 0.15) is 11.4 Å². The lowest BCUT2D eigenvalue weighted by Crippen LogP contribution is -2.11. The number of anilines is 1. The van der Waals surface area contributed by atoms with Gasteiger partial charge in [-0.05, 0) is 17.7 Å². The summed E-state index contributed by atoms with van der Waals surface area (Å²) >= 11 is 5.92. The number of nitrogens with one attached hydrogen (secondary N) is 1. The molecule has 0 saturated heterocycles. The van der Waals surface area contributed by atoms with Crippen molar-refractivity contribution >= 4 is 17.4 Å². The SMILES string of the molecule is COCc1nc(NN)cc(OCc2cccc(Cl)c2)n1. The van der Waals surface area contributed by atoms with E-state index in [1.165, 1.54) is 0 Å². The van der Waals surface area contributed by atoms with Crippen LogP contribution in [-0.4, -0.2) is 17.1 Å². The minimum Gasteiger partial charge on any atom is -0.473 e. The van der Waals surface area contributed by atoms with Crippen LogP contribution in [0, 0.1) is 0 Å². The number of halogens is 1. The fraction of sp³-hybridized carbons (Fsp3) is 0.231. The zero-order valence-corrected chi connectivity index (χ0v) is 11.7. The Morgan fingerprint density at radius 2 is 2.10 bits per heavy atom. The third kappa shape index (κ3) is 4.06. The van der Waals surface area contributed by atoms with Crippen molar-refractivity contribution in [3.8, 4) is 5.88 Å². The molecule has 1 aromatic heterocycles. The molecule has 0 bridgehead atoms. The van der Waals surface area contributed by atoms with E-state index in [4.69, 9.17) is 26.9 Å². The van der Waals surface area contributed by atoms with Crippen molar-refractivity contribution < 1.29 is 9.47 Å². The van der Waals surface area contributed by atoms with E-state index in [2.05, 4.69) is 15.4 Å². The second kappa shape index (κ2) is 7.04. The van der Waals surface area contributed by atoms with Crippen molar-refractivity contribution in [2.75, 3.05) is 12.5 Å². The average molecular weight is 295 g/mol. The Bertz CT molecular complexity index is 580. The molecule has 2 rings (SSSR count). The molecule has 2 aromatic rings. The van der Waals surface area contributed by atoms with Gasteiger partial charge in [-0.2, -0.15) is 4.98 Å². The molecule has 20 heavy (non-hydrogen) atoms. The molecule has 0 fully saturated rings. The van der Waals surface area contributed by atoms with Gasteiger partial charge >= 0.3 is 0 Å². The molecule has 106 valence electrons. The fourth-order valence-corrected chi connectivity index (χ4v) is 1.81. The maximum absolute atomic E-state index is 5.92. The first-order valence-corrected chi connectivity index (χ1v) is 6.30. The number of nitrogens with zero attached hydrogens (tertiary/aromatic N) is 2. The van der Waals surface area contributed by atoms with Crippen LogP contribution in [-0.2, 0) is 18.0 Å². The van der Waals surface area contributed by atoms with Gasteiger partial charge in [-0.3, -0.25) is 0 Å². The van der Waals surface area contributed by atoms with Crippen LogP contribution in [0.2, 0.25) is 5.02 Å². The van der Waals surface area contributed by atoms with E-state index in [1.54, 1.807) is 13.2 Å². The van der Waals surface area contributed by atoms with E-state index >= 15 is 0 Å². The topological polar surface area (TPSA) is 82.3 Å². The molecule has 0 saturated carbocycles. The summed E-state index contributed by atoms with van der Waals surface area (Å²) in [6.07, 6.45) is 0. The summed E-state index contributed by atoms with van der Waals surface area (Å²) in [7, 11) is 1.57. The molecule has 0 amide bonds. The highest BCUT2D eigenvalue weighted by Crippen LogP contribution is 2.16. The van der Waals surface area contributed by atoms with Crippen molar-refractivity contribution in [3.05, 3.63) is 46.7 Å². The summed E-state index contributed by atoms with van der Waals surface area (Å²) in [5.74, 6) is 6.73. The highest BCUT2D eigenvalue weighted by atomic mass is 35.5. The van der Waals surface area contributed by atoms with Crippen LogP contribution >= 0.6 is 11.6 Å². The zero-order chi connectivity index (χ0) is 14.4. The van der Waals surface area contributed by atoms with Gasteiger partial charge in [-0.15, -0.1) is 0 Å². The molecule has 0 atom stereocenters. The third-order valence-electron chi connectivity index (χ3n) is 2.45. The Labute approximate surface area is 121 Å². The van der Waals surface area contributed by atoms with Crippen LogP contribution in [0.4, 0.5) is 5.82 Å². The van der Waals surface area contributed by atoms with Crippen molar-refractivity contribution in [1.29, 1.82) is 0 Å². The molecule has 0 unspecified atom stereocenters. The van der Waals surface area contributed by atoms with E-state index in [1.807, 2.05) is 24.3 Å². The Hall–Kier alpha value is -1.89. The van der Waals surface area contributed by atoms with Crippen LogP contribution in [0.3, 0.4) is 0 Å². The van der Waals surface area contributed by atoms with Crippen LogP contribution in [0.5, 0.6) is 5.88 Å². The Morgan fingerprint density at radius 1 is 1.25 bits per heavy atom.